The zero-order valence-corrected chi connectivity index (χ0v) is 18.0. The number of anilines is 1. The molecule has 0 saturated carbocycles. The van der Waals surface area contributed by atoms with Gasteiger partial charge < -0.3 is 10.1 Å². The highest BCUT2D eigenvalue weighted by Crippen LogP contribution is 2.29. The second kappa shape index (κ2) is 9.85. The third kappa shape index (κ3) is 5.78. The summed E-state index contributed by atoms with van der Waals surface area (Å²) in [6.07, 6.45) is 0. The van der Waals surface area contributed by atoms with E-state index in [0.717, 1.165) is 11.1 Å². The van der Waals surface area contributed by atoms with Gasteiger partial charge in [-0.05, 0) is 43.7 Å². The number of nitrogens with one attached hydrogen (secondary N) is 1. The summed E-state index contributed by atoms with van der Waals surface area (Å²) in [5.74, 6) is 0.797. The van der Waals surface area contributed by atoms with Gasteiger partial charge in [0, 0.05) is 23.0 Å². The molecule has 2 aromatic rings. The van der Waals surface area contributed by atoms with E-state index in [1.807, 2.05) is 31.2 Å². The fourth-order valence-corrected chi connectivity index (χ4v) is 3.84. The number of halogens is 1. The number of rotatable bonds is 6. The van der Waals surface area contributed by atoms with Crippen LogP contribution >= 0.6 is 23.4 Å². The fraction of sp³-hybridized carbons (Fsp3) is 0.273. The average Bonchev–Trinajstić information content (AvgIpc) is 2.72. The third-order valence-electron chi connectivity index (χ3n) is 4.46. The number of allylic oxidation sites excluding steroid dienone is 1. The molecule has 152 valence electrons. The van der Waals surface area contributed by atoms with Crippen molar-refractivity contribution in [2.24, 2.45) is 0 Å². The van der Waals surface area contributed by atoms with Crippen molar-refractivity contribution in [1.29, 1.82) is 0 Å². The first-order valence-corrected chi connectivity index (χ1v) is 10.7. The van der Waals surface area contributed by atoms with E-state index in [4.69, 9.17) is 16.3 Å². The highest BCUT2D eigenvalue weighted by Gasteiger charge is 2.27. The Morgan fingerprint density at radius 3 is 2.45 bits per heavy atom. The summed E-state index contributed by atoms with van der Waals surface area (Å²) < 4.78 is 5.53. The predicted molar refractivity (Wildman–Crippen MR) is 118 cm³/mol. The summed E-state index contributed by atoms with van der Waals surface area (Å²) in [6.45, 7) is 4.68. The Hall–Kier alpha value is -2.44. The van der Waals surface area contributed by atoms with Gasteiger partial charge in [0.2, 0.25) is 5.91 Å². The number of amides is 2. The summed E-state index contributed by atoms with van der Waals surface area (Å²) >= 11 is 7.44. The van der Waals surface area contributed by atoms with E-state index in [-0.39, 0.29) is 18.4 Å². The lowest BCUT2D eigenvalue weighted by Crippen LogP contribution is -2.41. The predicted octanol–water partition coefficient (Wildman–Crippen LogP) is 4.29. The van der Waals surface area contributed by atoms with Crippen molar-refractivity contribution in [2.45, 2.75) is 20.4 Å². The van der Waals surface area contributed by atoms with Crippen molar-refractivity contribution in [3.05, 3.63) is 75.3 Å². The van der Waals surface area contributed by atoms with Gasteiger partial charge in [-0.1, -0.05) is 41.4 Å². The van der Waals surface area contributed by atoms with Gasteiger partial charge >= 0.3 is 0 Å². The summed E-state index contributed by atoms with van der Waals surface area (Å²) in [7, 11) is 0. The minimum absolute atomic E-state index is 0.0936. The van der Waals surface area contributed by atoms with Gasteiger partial charge in [0.15, 0.2) is 0 Å². The monoisotopic (exact) mass is 430 g/mol. The number of hydrogen-bond acceptors (Lipinski definition) is 4. The Balaban J connectivity index is 1.75. The smallest absolute Gasteiger partial charge is 0.268 e. The summed E-state index contributed by atoms with van der Waals surface area (Å²) in [5.41, 5.74) is 2.77. The molecular weight excluding hydrogens is 408 g/mol. The van der Waals surface area contributed by atoms with Crippen molar-refractivity contribution in [3.8, 4) is 0 Å². The number of carbonyl (C=O) groups is 2. The molecule has 0 spiro atoms. The van der Waals surface area contributed by atoms with Gasteiger partial charge in [-0.15, -0.1) is 11.8 Å². The molecule has 0 fully saturated rings. The molecule has 1 heterocycles. The van der Waals surface area contributed by atoms with Crippen molar-refractivity contribution in [2.75, 3.05) is 23.8 Å². The zero-order valence-electron chi connectivity index (χ0n) is 16.4. The van der Waals surface area contributed by atoms with Gasteiger partial charge in [0.05, 0.1) is 6.61 Å². The van der Waals surface area contributed by atoms with Crippen LogP contribution in [0.15, 0.2) is 59.2 Å². The van der Waals surface area contributed by atoms with Crippen LogP contribution in [0, 0.1) is 6.92 Å². The number of benzene rings is 2. The van der Waals surface area contributed by atoms with Gasteiger partial charge in [0.1, 0.15) is 17.2 Å². The van der Waals surface area contributed by atoms with Gasteiger partial charge in [-0.2, -0.15) is 0 Å². The number of ether oxygens (including phenoxy) is 1. The minimum Gasteiger partial charge on any atom is -0.496 e. The normalized spacial score (nSPS) is 13.6. The van der Waals surface area contributed by atoms with Crippen LogP contribution in [-0.4, -0.2) is 30.7 Å². The molecule has 0 saturated heterocycles. The van der Waals surface area contributed by atoms with Crippen LogP contribution < -0.4 is 10.2 Å². The molecule has 1 N–H and O–H groups in total. The molecule has 1 aliphatic heterocycles. The lowest BCUT2D eigenvalue weighted by atomic mass is 10.1. The summed E-state index contributed by atoms with van der Waals surface area (Å²) in [6, 6.07) is 14.8. The van der Waals surface area contributed by atoms with Crippen molar-refractivity contribution in [3.63, 3.8) is 0 Å². The first kappa shape index (κ1) is 21.3. The van der Waals surface area contributed by atoms with E-state index in [0.29, 0.717) is 40.3 Å². The van der Waals surface area contributed by atoms with Crippen LogP contribution in [0.2, 0.25) is 5.02 Å². The second-order valence-corrected chi connectivity index (χ2v) is 8.25. The van der Waals surface area contributed by atoms with Crippen LogP contribution in [0.4, 0.5) is 5.69 Å². The molecule has 0 unspecified atom stereocenters. The molecule has 5 nitrogen and oxygen atoms in total. The Labute approximate surface area is 180 Å². The Kier molecular flexibility index (Phi) is 7.23. The fourth-order valence-electron chi connectivity index (χ4n) is 2.85. The minimum atomic E-state index is -0.250. The van der Waals surface area contributed by atoms with E-state index < -0.39 is 0 Å². The highest BCUT2D eigenvalue weighted by atomic mass is 35.5. The molecule has 0 bridgehead atoms. The SMILES string of the molecule is CC1=C(C(=O)N(CC(=O)NCc2ccc(C)cc2)c2ccc(Cl)cc2)SCCO1. The summed E-state index contributed by atoms with van der Waals surface area (Å²) in [5, 5.41) is 3.45. The molecule has 0 radical (unpaired) electrons. The van der Waals surface area contributed by atoms with E-state index >= 15 is 0 Å². The van der Waals surface area contributed by atoms with Crippen LogP contribution in [0.1, 0.15) is 18.1 Å². The Morgan fingerprint density at radius 2 is 1.79 bits per heavy atom. The van der Waals surface area contributed by atoms with Crippen molar-refractivity contribution in [1.82, 2.24) is 5.32 Å². The van der Waals surface area contributed by atoms with E-state index in [1.165, 1.54) is 16.7 Å². The van der Waals surface area contributed by atoms with Crippen LogP contribution in [0.3, 0.4) is 0 Å². The van der Waals surface area contributed by atoms with Crippen LogP contribution in [0.25, 0.3) is 0 Å². The number of nitrogens with zero attached hydrogens (tertiary/aromatic N) is 1. The van der Waals surface area contributed by atoms with Crippen molar-refractivity contribution >= 4 is 40.9 Å². The maximum atomic E-state index is 13.2. The second-order valence-electron chi connectivity index (χ2n) is 6.71. The molecule has 0 aromatic heterocycles. The van der Waals surface area contributed by atoms with Crippen molar-refractivity contribution < 1.29 is 14.3 Å². The summed E-state index contributed by atoms with van der Waals surface area (Å²) in [4.78, 5) is 27.8. The zero-order chi connectivity index (χ0) is 20.8. The molecular formula is C22H23ClN2O3S. The lowest BCUT2D eigenvalue weighted by Gasteiger charge is -2.26. The Morgan fingerprint density at radius 1 is 1.10 bits per heavy atom. The largest absolute Gasteiger partial charge is 0.496 e. The highest BCUT2D eigenvalue weighted by molar-refractivity contribution is 8.04. The quantitative estimate of drug-likeness (QED) is 0.742. The van der Waals surface area contributed by atoms with Crippen LogP contribution in [-0.2, 0) is 20.9 Å². The average molecular weight is 431 g/mol. The van der Waals surface area contributed by atoms with Gasteiger partial charge in [-0.25, -0.2) is 0 Å². The van der Waals surface area contributed by atoms with E-state index in [9.17, 15) is 9.59 Å². The molecule has 7 heteroatoms. The molecule has 1 aliphatic rings. The Bertz CT molecular complexity index is 911. The molecule has 29 heavy (non-hydrogen) atoms. The molecule has 3 rings (SSSR count). The first-order valence-electron chi connectivity index (χ1n) is 9.30. The van der Waals surface area contributed by atoms with Crippen LogP contribution in [0.5, 0.6) is 0 Å². The molecule has 2 amide bonds. The number of aryl methyl sites for hydroxylation is 1. The maximum Gasteiger partial charge on any atom is 0.268 e. The molecule has 0 aliphatic carbocycles. The standard InChI is InChI=1S/C22H23ClN2O3S/c1-15-3-5-17(6-4-15)13-24-20(26)14-25(19-9-7-18(23)8-10-19)22(27)21-16(2)28-11-12-29-21/h3-10H,11-14H2,1-2H3,(H,24,26). The van der Waals surface area contributed by atoms with E-state index in [1.54, 1.807) is 31.2 Å². The molecule has 0 atom stereocenters. The number of thioether (sulfide) groups is 1. The lowest BCUT2D eigenvalue weighted by molar-refractivity contribution is -0.122. The number of carbonyl (C=O) groups excluding carboxylic acids is 2. The third-order valence-corrected chi connectivity index (χ3v) is 5.83. The maximum absolute atomic E-state index is 13.2. The molecule has 2 aromatic carbocycles. The number of hydrogen-bond donors (Lipinski definition) is 1. The first-order chi connectivity index (χ1) is 13.9. The van der Waals surface area contributed by atoms with E-state index in [2.05, 4.69) is 5.32 Å². The topological polar surface area (TPSA) is 58.6 Å². The van der Waals surface area contributed by atoms with Gasteiger partial charge in [-0.3, -0.25) is 14.5 Å². The van der Waals surface area contributed by atoms with Gasteiger partial charge in [0.25, 0.3) is 5.91 Å².